The van der Waals surface area contributed by atoms with Crippen molar-refractivity contribution in [2.24, 2.45) is 17.8 Å². The minimum absolute atomic E-state index is 0.00531. The Morgan fingerprint density at radius 2 is 1.97 bits per heavy atom. The molecule has 2 aliphatic rings. The fourth-order valence-electron chi connectivity index (χ4n) is 4.64. The van der Waals surface area contributed by atoms with Crippen molar-refractivity contribution in [3.63, 3.8) is 0 Å². The van der Waals surface area contributed by atoms with Crippen LogP contribution in [0.4, 0.5) is 0 Å². The van der Waals surface area contributed by atoms with E-state index in [1.54, 1.807) is 0 Å². The zero-order valence-corrected chi connectivity index (χ0v) is 19.5. The second-order valence-corrected chi connectivity index (χ2v) is 9.50. The van der Waals surface area contributed by atoms with Crippen LogP contribution in [0, 0.1) is 29.1 Å². The molecule has 3 atom stereocenters. The third kappa shape index (κ3) is 6.71. The lowest BCUT2D eigenvalue weighted by Crippen LogP contribution is -2.25. The second kappa shape index (κ2) is 10.7. The van der Waals surface area contributed by atoms with E-state index in [9.17, 15) is 4.79 Å². The molecule has 2 saturated carbocycles. The van der Waals surface area contributed by atoms with Crippen molar-refractivity contribution >= 4 is 5.91 Å². The third-order valence-electron chi connectivity index (χ3n) is 6.75. The standard InChI is InChI=1S/C27H33N3O3/c1-18(30-19(2)31)22-5-9-26(10-6-22)33-25-7-3-20(4-8-25)13-21-11-12-29-27(14-21)32-17-24-15-23(24)16-28/h5-6,9-12,14,18,20,23-25H,3-4,7-8,13,15,17H2,1-2H3,(H,30,31). The van der Waals surface area contributed by atoms with Gasteiger partial charge in [-0.1, -0.05) is 12.1 Å². The number of hydrogen-bond acceptors (Lipinski definition) is 5. The molecule has 1 aromatic carbocycles. The van der Waals surface area contributed by atoms with Crippen LogP contribution in [-0.2, 0) is 11.2 Å². The van der Waals surface area contributed by atoms with Crippen molar-refractivity contribution in [2.45, 2.75) is 64.5 Å². The van der Waals surface area contributed by atoms with Crippen LogP contribution >= 0.6 is 0 Å². The summed E-state index contributed by atoms with van der Waals surface area (Å²) in [7, 11) is 0. The van der Waals surface area contributed by atoms with E-state index in [4.69, 9.17) is 14.7 Å². The minimum Gasteiger partial charge on any atom is -0.490 e. The summed E-state index contributed by atoms with van der Waals surface area (Å²) < 4.78 is 12.0. The SMILES string of the molecule is CC(=O)NC(C)c1ccc(OC2CCC(Cc3ccnc(OCC4CC4C#N)c3)CC2)cc1. The minimum atomic E-state index is -0.0258. The lowest BCUT2D eigenvalue weighted by Gasteiger charge is -2.29. The summed E-state index contributed by atoms with van der Waals surface area (Å²) in [6.07, 6.45) is 8.46. The van der Waals surface area contributed by atoms with E-state index in [2.05, 4.69) is 28.5 Å². The second-order valence-electron chi connectivity index (χ2n) is 9.50. The summed E-state index contributed by atoms with van der Waals surface area (Å²) in [5.41, 5.74) is 2.34. The van der Waals surface area contributed by atoms with E-state index in [1.807, 2.05) is 37.4 Å². The molecule has 0 saturated heterocycles. The first-order valence-electron chi connectivity index (χ1n) is 12.0. The lowest BCUT2D eigenvalue weighted by molar-refractivity contribution is -0.119. The number of nitriles is 1. The molecule has 33 heavy (non-hydrogen) atoms. The Kier molecular flexibility index (Phi) is 7.49. The number of carbonyl (C=O) groups excluding carboxylic acids is 1. The zero-order chi connectivity index (χ0) is 23.2. The summed E-state index contributed by atoms with van der Waals surface area (Å²) in [4.78, 5) is 15.6. The molecule has 0 radical (unpaired) electrons. The molecular formula is C27H33N3O3. The van der Waals surface area contributed by atoms with Crippen molar-refractivity contribution in [3.05, 3.63) is 53.7 Å². The maximum Gasteiger partial charge on any atom is 0.217 e. The number of hydrogen-bond donors (Lipinski definition) is 1. The molecule has 2 aromatic rings. The molecule has 1 aromatic heterocycles. The van der Waals surface area contributed by atoms with Crippen LogP contribution in [0.2, 0.25) is 0 Å². The van der Waals surface area contributed by atoms with Gasteiger partial charge in [0.25, 0.3) is 0 Å². The highest BCUT2D eigenvalue weighted by atomic mass is 16.5. The summed E-state index contributed by atoms with van der Waals surface area (Å²) in [5, 5.41) is 11.8. The molecule has 1 amide bonds. The van der Waals surface area contributed by atoms with Crippen molar-refractivity contribution < 1.29 is 14.3 Å². The van der Waals surface area contributed by atoms with E-state index in [-0.39, 0.29) is 24.0 Å². The van der Waals surface area contributed by atoms with Gasteiger partial charge in [-0.15, -0.1) is 0 Å². The number of nitrogens with one attached hydrogen (secondary N) is 1. The fourth-order valence-corrected chi connectivity index (χ4v) is 4.64. The topological polar surface area (TPSA) is 84.2 Å². The molecule has 174 valence electrons. The molecule has 2 aliphatic carbocycles. The van der Waals surface area contributed by atoms with Crippen molar-refractivity contribution in [1.82, 2.24) is 10.3 Å². The van der Waals surface area contributed by atoms with Gasteiger partial charge in [-0.05, 0) is 80.7 Å². The van der Waals surface area contributed by atoms with E-state index < -0.39 is 0 Å². The normalized spacial score (nSPS) is 24.9. The predicted octanol–water partition coefficient (Wildman–Crippen LogP) is 5.00. The van der Waals surface area contributed by atoms with Crippen LogP contribution < -0.4 is 14.8 Å². The van der Waals surface area contributed by atoms with E-state index >= 15 is 0 Å². The first-order valence-corrected chi connectivity index (χ1v) is 12.0. The van der Waals surface area contributed by atoms with Crippen LogP contribution in [0.15, 0.2) is 42.6 Å². The van der Waals surface area contributed by atoms with Gasteiger partial charge in [0.15, 0.2) is 0 Å². The van der Waals surface area contributed by atoms with Gasteiger partial charge in [0.1, 0.15) is 5.75 Å². The average Bonchev–Trinajstić information content (AvgIpc) is 3.58. The average molecular weight is 448 g/mol. The van der Waals surface area contributed by atoms with E-state index in [0.29, 0.717) is 24.3 Å². The number of pyridine rings is 1. The lowest BCUT2D eigenvalue weighted by atomic mass is 9.83. The molecule has 0 bridgehead atoms. The third-order valence-corrected chi connectivity index (χ3v) is 6.75. The van der Waals surface area contributed by atoms with Crippen molar-refractivity contribution in [2.75, 3.05) is 6.61 Å². The van der Waals surface area contributed by atoms with Gasteiger partial charge in [-0.2, -0.15) is 5.26 Å². The van der Waals surface area contributed by atoms with Crippen LogP contribution in [0.5, 0.6) is 11.6 Å². The predicted molar refractivity (Wildman–Crippen MR) is 126 cm³/mol. The monoisotopic (exact) mass is 447 g/mol. The van der Waals surface area contributed by atoms with Gasteiger partial charge in [0.05, 0.1) is 30.7 Å². The molecule has 4 rings (SSSR count). The number of rotatable bonds is 9. The summed E-state index contributed by atoms with van der Waals surface area (Å²) in [6, 6.07) is 14.5. The zero-order valence-electron chi connectivity index (χ0n) is 19.5. The summed E-state index contributed by atoms with van der Waals surface area (Å²) in [5.74, 6) is 2.71. The molecule has 0 aliphatic heterocycles. The fraction of sp³-hybridized carbons (Fsp3) is 0.519. The Morgan fingerprint density at radius 3 is 2.64 bits per heavy atom. The van der Waals surface area contributed by atoms with Crippen LogP contribution in [0.25, 0.3) is 0 Å². The van der Waals surface area contributed by atoms with Crippen LogP contribution in [0.1, 0.15) is 63.1 Å². The smallest absolute Gasteiger partial charge is 0.217 e. The van der Waals surface area contributed by atoms with Gasteiger partial charge < -0.3 is 14.8 Å². The van der Waals surface area contributed by atoms with Gasteiger partial charge in [0, 0.05) is 25.1 Å². The molecule has 1 N–H and O–H groups in total. The number of ether oxygens (including phenoxy) is 2. The Bertz CT molecular complexity index is 977. The molecular weight excluding hydrogens is 414 g/mol. The highest BCUT2D eigenvalue weighted by Crippen LogP contribution is 2.38. The van der Waals surface area contributed by atoms with Gasteiger partial charge in [-0.3, -0.25) is 4.79 Å². The number of nitrogens with zero attached hydrogens (tertiary/aromatic N) is 2. The Morgan fingerprint density at radius 1 is 1.21 bits per heavy atom. The highest BCUT2D eigenvalue weighted by Gasteiger charge is 2.37. The molecule has 2 fully saturated rings. The number of benzene rings is 1. The molecule has 6 nitrogen and oxygen atoms in total. The number of carbonyl (C=O) groups is 1. The molecule has 0 spiro atoms. The molecule has 1 heterocycles. The van der Waals surface area contributed by atoms with Gasteiger partial charge in [-0.25, -0.2) is 4.98 Å². The maximum atomic E-state index is 11.2. The maximum absolute atomic E-state index is 11.2. The van der Waals surface area contributed by atoms with Gasteiger partial charge in [0.2, 0.25) is 11.8 Å². The van der Waals surface area contributed by atoms with Gasteiger partial charge >= 0.3 is 0 Å². The Balaban J connectivity index is 1.20. The first kappa shape index (κ1) is 23.1. The molecule has 6 heteroatoms. The van der Waals surface area contributed by atoms with E-state index in [1.165, 1.54) is 12.5 Å². The van der Waals surface area contributed by atoms with Crippen LogP contribution in [-0.4, -0.2) is 23.6 Å². The van der Waals surface area contributed by atoms with Crippen molar-refractivity contribution in [3.8, 4) is 17.7 Å². The number of amides is 1. The van der Waals surface area contributed by atoms with Crippen molar-refractivity contribution in [1.29, 1.82) is 5.26 Å². The van der Waals surface area contributed by atoms with E-state index in [0.717, 1.165) is 49.8 Å². The summed E-state index contributed by atoms with van der Waals surface area (Å²) >= 11 is 0. The van der Waals surface area contributed by atoms with Crippen LogP contribution in [0.3, 0.4) is 0 Å². The summed E-state index contributed by atoms with van der Waals surface area (Å²) in [6.45, 7) is 4.10. The Labute approximate surface area is 196 Å². The molecule has 3 unspecified atom stereocenters. The highest BCUT2D eigenvalue weighted by molar-refractivity contribution is 5.73. The first-order chi connectivity index (χ1) is 16.0. The largest absolute Gasteiger partial charge is 0.490 e. The Hall–Kier alpha value is -3.07. The number of aromatic nitrogens is 1. The quantitative estimate of drug-likeness (QED) is 0.585.